The third-order valence-corrected chi connectivity index (χ3v) is 5.12. The third-order valence-electron chi connectivity index (χ3n) is 5.12. The smallest absolute Gasteiger partial charge is 0.178 e. The molecule has 0 aliphatic rings. The average Bonchev–Trinajstić information content (AvgIpc) is 2.66. The first-order valence-electron chi connectivity index (χ1n) is 10.7. The van der Waals surface area contributed by atoms with Crippen molar-refractivity contribution in [3.05, 3.63) is 66.0 Å². The highest BCUT2D eigenvalue weighted by atomic mass is 16.5. The fourth-order valence-electron chi connectivity index (χ4n) is 3.31. The van der Waals surface area contributed by atoms with Gasteiger partial charge in [0.2, 0.25) is 0 Å². The van der Waals surface area contributed by atoms with E-state index in [-0.39, 0.29) is 11.5 Å². The van der Waals surface area contributed by atoms with Crippen molar-refractivity contribution in [1.82, 2.24) is 0 Å². The van der Waals surface area contributed by atoms with Gasteiger partial charge in [-0.1, -0.05) is 90.1 Å². The molecule has 0 amide bonds. The Morgan fingerprint density at radius 2 is 1.48 bits per heavy atom. The van der Waals surface area contributed by atoms with Gasteiger partial charge < -0.3 is 4.74 Å². The molecule has 0 N–H and O–H groups in total. The zero-order chi connectivity index (χ0) is 19.5. The van der Waals surface area contributed by atoms with Gasteiger partial charge in [0.1, 0.15) is 6.10 Å². The van der Waals surface area contributed by atoms with Crippen LogP contribution in [0.3, 0.4) is 0 Å². The van der Waals surface area contributed by atoms with Crippen LogP contribution in [-0.4, -0.2) is 6.61 Å². The van der Waals surface area contributed by atoms with Gasteiger partial charge in [0.25, 0.3) is 0 Å². The van der Waals surface area contributed by atoms with E-state index in [0.29, 0.717) is 0 Å². The molecule has 2 heteroatoms. The van der Waals surface area contributed by atoms with Gasteiger partial charge >= 0.3 is 0 Å². The van der Waals surface area contributed by atoms with Crippen LogP contribution in [0.1, 0.15) is 83.5 Å². The second-order valence-corrected chi connectivity index (χ2v) is 8.57. The van der Waals surface area contributed by atoms with Crippen LogP contribution in [0, 0.1) is 0 Å². The van der Waals surface area contributed by atoms with Crippen molar-refractivity contribution in [3.8, 4) is 0 Å². The summed E-state index contributed by atoms with van der Waals surface area (Å²) in [5.74, 6) is 0. The van der Waals surface area contributed by atoms with Gasteiger partial charge in [-0.2, -0.15) is 0 Å². The van der Waals surface area contributed by atoms with Crippen molar-refractivity contribution in [2.24, 2.45) is 0 Å². The molecule has 148 valence electrons. The molecular weight excluding hydrogens is 330 g/mol. The Labute approximate surface area is 166 Å². The highest BCUT2D eigenvalue weighted by molar-refractivity contribution is 5.28. The Bertz CT molecular complexity index is 628. The molecule has 27 heavy (non-hydrogen) atoms. The van der Waals surface area contributed by atoms with Crippen LogP contribution in [0.25, 0.3) is 0 Å². The lowest BCUT2D eigenvalue weighted by Gasteiger charge is -2.21. The van der Waals surface area contributed by atoms with E-state index in [9.17, 15) is 0 Å². The first-order chi connectivity index (χ1) is 13.0. The summed E-state index contributed by atoms with van der Waals surface area (Å²) in [5.41, 5.74) is 2.82. The van der Waals surface area contributed by atoms with Gasteiger partial charge in [0, 0.05) is 18.7 Å². The van der Waals surface area contributed by atoms with E-state index in [1.165, 1.54) is 43.2 Å². The number of pyridine rings is 1. The van der Waals surface area contributed by atoms with Gasteiger partial charge in [-0.15, -0.1) is 0 Å². The minimum Gasteiger partial charge on any atom is -0.367 e. The van der Waals surface area contributed by atoms with E-state index in [1.54, 1.807) is 0 Å². The van der Waals surface area contributed by atoms with E-state index >= 15 is 0 Å². The largest absolute Gasteiger partial charge is 0.367 e. The fraction of sp³-hybridized carbons (Fsp3) is 0.560. The number of rotatable bonds is 11. The molecule has 0 saturated carbocycles. The molecule has 1 heterocycles. The summed E-state index contributed by atoms with van der Waals surface area (Å²) in [7, 11) is 0. The molecular formula is C25H38NO+. The summed E-state index contributed by atoms with van der Waals surface area (Å²) in [6.07, 6.45) is 12.1. The summed E-state index contributed by atoms with van der Waals surface area (Å²) in [6, 6.07) is 15.2. The second kappa shape index (κ2) is 11.2. The van der Waals surface area contributed by atoms with Crippen molar-refractivity contribution in [2.75, 3.05) is 6.61 Å². The Hall–Kier alpha value is -1.67. The van der Waals surface area contributed by atoms with Gasteiger partial charge in [-0.05, 0) is 23.0 Å². The molecule has 1 aromatic carbocycles. The molecule has 1 aromatic heterocycles. The molecule has 0 aliphatic heterocycles. The minimum atomic E-state index is 0.0991. The van der Waals surface area contributed by atoms with Crippen LogP contribution in [0.5, 0.6) is 0 Å². The lowest BCUT2D eigenvalue weighted by atomic mass is 9.86. The first-order valence-corrected chi connectivity index (χ1v) is 10.7. The number of hydrogen-bond donors (Lipinski definition) is 0. The Kier molecular flexibility index (Phi) is 9.00. The summed E-state index contributed by atoms with van der Waals surface area (Å²) in [5, 5.41) is 0. The molecule has 0 bridgehead atoms. The van der Waals surface area contributed by atoms with Crippen LogP contribution < -0.4 is 4.57 Å². The number of ether oxygens (including phenoxy) is 1. The lowest BCUT2D eigenvalue weighted by molar-refractivity contribution is -0.705. The van der Waals surface area contributed by atoms with Gasteiger partial charge in [-0.3, -0.25) is 0 Å². The standard InChI is InChI=1S/C25H38NO/c1-5-6-7-8-9-13-20-27-24(21-26-18-11-10-12-19-26)22-14-16-23(17-15-22)25(2,3)4/h10-12,14-19,24H,5-9,13,20-21H2,1-4H3/q+1. The molecule has 0 saturated heterocycles. The third kappa shape index (κ3) is 7.84. The number of benzene rings is 1. The topological polar surface area (TPSA) is 13.1 Å². The summed E-state index contributed by atoms with van der Waals surface area (Å²) in [6.45, 7) is 10.7. The lowest BCUT2D eigenvalue weighted by Crippen LogP contribution is -2.36. The summed E-state index contributed by atoms with van der Waals surface area (Å²) < 4.78 is 8.56. The van der Waals surface area contributed by atoms with Crippen LogP contribution in [0.4, 0.5) is 0 Å². The molecule has 1 unspecified atom stereocenters. The number of aromatic nitrogens is 1. The van der Waals surface area contributed by atoms with Crippen LogP contribution >= 0.6 is 0 Å². The van der Waals surface area contributed by atoms with E-state index in [2.05, 4.69) is 87.1 Å². The van der Waals surface area contributed by atoms with Crippen molar-refractivity contribution in [2.45, 2.75) is 84.3 Å². The van der Waals surface area contributed by atoms with Gasteiger partial charge in [0.15, 0.2) is 18.9 Å². The van der Waals surface area contributed by atoms with E-state index in [1.807, 2.05) is 0 Å². The predicted octanol–water partition coefficient (Wildman–Crippen LogP) is 6.39. The Morgan fingerprint density at radius 3 is 2.11 bits per heavy atom. The monoisotopic (exact) mass is 368 g/mol. The Morgan fingerprint density at radius 1 is 0.852 bits per heavy atom. The minimum absolute atomic E-state index is 0.0991. The van der Waals surface area contributed by atoms with E-state index < -0.39 is 0 Å². The van der Waals surface area contributed by atoms with E-state index in [0.717, 1.165) is 19.6 Å². The summed E-state index contributed by atoms with van der Waals surface area (Å²) >= 11 is 0. The van der Waals surface area contributed by atoms with Gasteiger partial charge in [-0.25, -0.2) is 4.57 Å². The molecule has 0 spiro atoms. The molecule has 0 radical (unpaired) electrons. The number of nitrogens with zero attached hydrogens (tertiary/aromatic N) is 1. The highest BCUT2D eigenvalue weighted by Gasteiger charge is 2.19. The molecule has 2 nitrogen and oxygen atoms in total. The fourth-order valence-corrected chi connectivity index (χ4v) is 3.31. The van der Waals surface area contributed by atoms with Gasteiger partial charge in [0.05, 0.1) is 0 Å². The Balaban J connectivity index is 1.97. The SMILES string of the molecule is CCCCCCCCOC(C[n+]1ccccc1)c1ccc(C(C)(C)C)cc1. The maximum atomic E-state index is 6.34. The average molecular weight is 369 g/mol. The van der Waals surface area contributed by atoms with Crippen molar-refractivity contribution < 1.29 is 9.30 Å². The highest BCUT2D eigenvalue weighted by Crippen LogP contribution is 2.25. The zero-order valence-corrected chi connectivity index (χ0v) is 17.8. The normalized spacial score (nSPS) is 12.9. The zero-order valence-electron chi connectivity index (χ0n) is 17.8. The number of hydrogen-bond acceptors (Lipinski definition) is 1. The molecule has 2 rings (SSSR count). The maximum absolute atomic E-state index is 6.34. The first kappa shape index (κ1) is 21.6. The predicted molar refractivity (Wildman–Crippen MR) is 114 cm³/mol. The van der Waals surface area contributed by atoms with Crippen molar-refractivity contribution >= 4 is 0 Å². The second-order valence-electron chi connectivity index (χ2n) is 8.57. The summed E-state index contributed by atoms with van der Waals surface area (Å²) in [4.78, 5) is 0. The molecule has 2 aromatic rings. The maximum Gasteiger partial charge on any atom is 0.178 e. The number of unbranched alkanes of at least 4 members (excludes halogenated alkanes) is 5. The molecule has 1 atom stereocenters. The van der Waals surface area contributed by atoms with Crippen molar-refractivity contribution in [1.29, 1.82) is 0 Å². The molecule has 0 fully saturated rings. The molecule has 0 aliphatic carbocycles. The van der Waals surface area contributed by atoms with Crippen molar-refractivity contribution in [3.63, 3.8) is 0 Å². The van der Waals surface area contributed by atoms with E-state index in [4.69, 9.17) is 4.74 Å². The van der Waals surface area contributed by atoms with Crippen LogP contribution in [0.2, 0.25) is 0 Å². The van der Waals surface area contributed by atoms with Crippen LogP contribution in [-0.2, 0) is 16.7 Å². The quantitative estimate of drug-likeness (QED) is 0.331. The van der Waals surface area contributed by atoms with Crippen LogP contribution in [0.15, 0.2) is 54.9 Å².